The van der Waals surface area contributed by atoms with Crippen molar-refractivity contribution in [2.45, 2.75) is 6.54 Å². The first-order valence-corrected chi connectivity index (χ1v) is 10.1. The first kappa shape index (κ1) is 19.5. The fourth-order valence-electron chi connectivity index (χ4n) is 4.08. The van der Waals surface area contributed by atoms with Gasteiger partial charge in [-0.3, -0.25) is 19.2 Å². The van der Waals surface area contributed by atoms with Crippen molar-refractivity contribution in [2.75, 3.05) is 0 Å². The number of aromatic nitrogens is 2. The fraction of sp³-hybridized carbons (Fsp3) is 0.0769. The van der Waals surface area contributed by atoms with Gasteiger partial charge in [0.1, 0.15) is 11.6 Å². The molecular weight excluding hydrogens is 400 g/mol. The summed E-state index contributed by atoms with van der Waals surface area (Å²) in [5.41, 5.74) is 4.74. The lowest BCUT2D eigenvalue weighted by atomic mass is 9.96. The lowest BCUT2D eigenvalue weighted by molar-refractivity contribution is -0.124. The third-order valence-corrected chi connectivity index (χ3v) is 5.73. The van der Waals surface area contributed by atoms with Gasteiger partial charge in [-0.05, 0) is 40.5 Å². The van der Waals surface area contributed by atoms with Gasteiger partial charge in [0.2, 0.25) is 0 Å². The molecule has 1 aliphatic heterocycles. The van der Waals surface area contributed by atoms with E-state index in [4.69, 9.17) is 0 Å². The van der Waals surface area contributed by atoms with Crippen molar-refractivity contribution >= 4 is 28.8 Å². The molecule has 32 heavy (non-hydrogen) atoms. The van der Waals surface area contributed by atoms with Crippen LogP contribution in [0.2, 0.25) is 0 Å². The molecule has 4 aromatic rings. The molecule has 0 fully saturated rings. The number of nitriles is 1. The highest BCUT2D eigenvalue weighted by molar-refractivity contribution is 6.16. The van der Waals surface area contributed by atoms with Crippen molar-refractivity contribution in [1.29, 1.82) is 5.26 Å². The molecule has 2 heterocycles. The number of rotatable bonds is 3. The van der Waals surface area contributed by atoms with Crippen molar-refractivity contribution < 1.29 is 9.59 Å². The minimum absolute atomic E-state index is 0.0739. The van der Waals surface area contributed by atoms with Gasteiger partial charge in [0.15, 0.2) is 0 Å². The van der Waals surface area contributed by atoms with Gasteiger partial charge in [-0.2, -0.15) is 10.4 Å². The van der Waals surface area contributed by atoms with Crippen LogP contribution in [0.15, 0.2) is 78.5 Å². The molecular formula is C26H18N4O2. The Bertz CT molecular complexity index is 1460. The van der Waals surface area contributed by atoms with E-state index in [1.54, 1.807) is 29.1 Å². The van der Waals surface area contributed by atoms with Crippen LogP contribution in [0.1, 0.15) is 21.5 Å². The number of carbonyl (C=O) groups excluding carboxylic acids is 2. The Labute approximate surface area is 184 Å². The largest absolute Gasteiger partial charge is 0.271 e. The summed E-state index contributed by atoms with van der Waals surface area (Å²) in [6, 6.07) is 22.6. The molecule has 0 bridgehead atoms. The van der Waals surface area contributed by atoms with Crippen LogP contribution in [0.3, 0.4) is 0 Å². The van der Waals surface area contributed by atoms with Crippen molar-refractivity contribution in [3.05, 3.63) is 95.2 Å². The van der Waals surface area contributed by atoms with Crippen LogP contribution < -0.4 is 0 Å². The molecule has 0 aliphatic carbocycles. The maximum absolute atomic E-state index is 13.1. The molecule has 2 amide bonds. The first-order valence-electron chi connectivity index (χ1n) is 10.1. The lowest BCUT2D eigenvalue weighted by Gasteiger charge is -2.13. The maximum Gasteiger partial charge on any atom is 0.271 e. The second-order valence-electron chi connectivity index (χ2n) is 7.65. The summed E-state index contributed by atoms with van der Waals surface area (Å²) in [4.78, 5) is 27.3. The SMILES string of the molecule is Cn1ncc2ccc(-c3cccc4c3CN(C(=O)/C(C#N)=C/c3ccccc3)C4=O)cc21. The van der Waals surface area contributed by atoms with Crippen LogP contribution in [0, 0.1) is 11.3 Å². The minimum atomic E-state index is -0.592. The van der Waals surface area contributed by atoms with Crippen LogP contribution >= 0.6 is 0 Å². The van der Waals surface area contributed by atoms with Gasteiger partial charge in [0.25, 0.3) is 11.8 Å². The van der Waals surface area contributed by atoms with E-state index in [0.717, 1.165) is 38.1 Å². The normalized spacial score (nSPS) is 13.3. The molecule has 0 N–H and O–H groups in total. The zero-order valence-corrected chi connectivity index (χ0v) is 17.3. The number of amides is 2. The smallest absolute Gasteiger partial charge is 0.269 e. The van der Waals surface area contributed by atoms with E-state index in [1.807, 2.05) is 61.6 Å². The van der Waals surface area contributed by atoms with E-state index in [9.17, 15) is 14.9 Å². The van der Waals surface area contributed by atoms with Crippen LogP contribution in [-0.4, -0.2) is 26.5 Å². The number of aryl methyl sites for hydroxylation is 1. The van der Waals surface area contributed by atoms with Crippen molar-refractivity contribution in [2.24, 2.45) is 7.05 Å². The van der Waals surface area contributed by atoms with Crippen LogP contribution in [-0.2, 0) is 18.4 Å². The van der Waals surface area contributed by atoms with E-state index in [1.165, 1.54) is 6.08 Å². The second kappa shape index (κ2) is 7.64. The number of nitrogens with zero attached hydrogens (tertiary/aromatic N) is 4. The first-order chi connectivity index (χ1) is 15.6. The van der Waals surface area contributed by atoms with Crippen molar-refractivity contribution in [3.63, 3.8) is 0 Å². The Morgan fingerprint density at radius 1 is 1.06 bits per heavy atom. The summed E-state index contributed by atoms with van der Waals surface area (Å²) in [5, 5.41) is 14.9. The Morgan fingerprint density at radius 3 is 2.62 bits per heavy atom. The average molecular weight is 418 g/mol. The monoisotopic (exact) mass is 418 g/mol. The molecule has 0 radical (unpaired) electrons. The van der Waals surface area contributed by atoms with Gasteiger partial charge < -0.3 is 0 Å². The molecule has 6 heteroatoms. The summed E-state index contributed by atoms with van der Waals surface area (Å²) in [5.74, 6) is -0.978. The molecule has 3 aromatic carbocycles. The number of hydrogen-bond donors (Lipinski definition) is 0. The summed E-state index contributed by atoms with van der Waals surface area (Å²) in [7, 11) is 1.88. The van der Waals surface area contributed by atoms with Crippen molar-refractivity contribution in [1.82, 2.24) is 14.7 Å². The average Bonchev–Trinajstić information content (AvgIpc) is 3.37. The van der Waals surface area contributed by atoms with Gasteiger partial charge in [-0.25, -0.2) is 0 Å². The molecule has 0 saturated heterocycles. The Kier molecular flexibility index (Phi) is 4.65. The molecule has 0 atom stereocenters. The van der Waals surface area contributed by atoms with Gasteiger partial charge in [-0.15, -0.1) is 0 Å². The molecule has 0 unspecified atom stereocenters. The topological polar surface area (TPSA) is 79.0 Å². The van der Waals surface area contributed by atoms with Gasteiger partial charge in [0.05, 0.1) is 18.3 Å². The third-order valence-electron chi connectivity index (χ3n) is 5.73. The molecule has 154 valence electrons. The molecule has 5 rings (SSSR count). The fourth-order valence-corrected chi connectivity index (χ4v) is 4.08. The zero-order chi connectivity index (χ0) is 22.2. The number of hydrogen-bond acceptors (Lipinski definition) is 4. The van der Waals surface area contributed by atoms with Gasteiger partial charge in [0, 0.05) is 18.0 Å². The zero-order valence-electron chi connectivity index (χ0n) is 17.3. The van der Waals surface area contributed by atoms with E-state index >= 15 is 0 Å². The molecule has 6 nitrogen and oxygen atoms in total. The van der Waals surface area contributed by atoms with Gasteiger partial charge in [-0.1, -0.05) is 54.6 Å². The van der Waals surface area contributed by atoms with E-state index in [2.05, 4.69) is 5.10 Å². The Balaban J connectivity index is 1.52. The predicted molar refractivity (Wildman–Crippen MR) is 121 cm³/mol. The van der Waals surface area contributed by atoms with E-state index in [-0.39, 0.29) is 18.0 Å². The Hall–Kier alpha value is -4.50. The van der Waals surface area contributed by atoms with E-state index in [0.29, 0.717) is 5.56 Å². The number of fused-ring (bicyclic) bond motifs is 2. The molecule has 0 saturated carbocycles. The highest BCUT2D eigenvalue weighted by Crippen LogP contribution is 2.34. The number of carbonyl (C=O) groups is 2. The maximum atomic E-state index is 13.1. The Morgan fingerprint density at radius 2 is 1.84 bits per heavy atom. The standard InChI is InChI=1S/C26H18N4O2/c1-29-24-13-18(10-11-19(24)15-28-29)21-8-5-9-22-23(21)16-30(26(22)32)25(31)20(14-27)12-17-6-3-2-4-7-17/h2-13,15H,16H2,1H3/b20-12+. The van der Waals surface area contributed by atoms with Crippen LogP contribution in [0.25, 0.3) is 28.1 Å². The van der Waals surface area contributed by atoms with Crippen LogP contribution in [0.5, 0.6) is 0 Å². The van der Waals surface area contributed by atoms with Crippen molar-refractivity contribution in [3.8, 4) is 17.2 Å². The quantitative estimate of drug-likeness (QED) is 0.366. The minimum Gasteiger partial charge on any atom is -0.269 e. The summed E-state index contributed by atoms with van der Waals surface area (Å²) >= 11 is 0. The third kappa shape index (κ3) is 3.17. The lowest BCUT2D eigenvalue weighted by Crippen LogP contribution is -2.32. The summed E-state index contributed by atoms with van der Waals surface area (Å²) in [6.07, 6.45) is 3.32. The molecule has 1 aliphatic rings. The predicted octanol–water partition coefficient (Wildman–Crippen LogP) is 4.33. The summed E-state index contributed by atoms with van der Waals surface area (Å²) in [6.45, 7) is 0.125. The second-order valence-corrected chi connectivity index (χ2v) is 7.65. The van der Waals surface area contributed by atoms with E-state index < -0.39 is 5.91 Å². The van der Waals surface area contributed by atoms with Gasteiger partial charge >= 0.3 is 0 Å². The molecule has 0 spiro atoms. The highest BCUT2D eigenvalue weighted by Gasteiger charge is 2.35. The van der Waals surface area contributed by atoms with Crippen LogP contribution in [0.4, 0.5) is 0 Å². The summed E-state index contributed by atoms with van der Waals surface area (Å²) < 4.78 is 1.80. The highest BCUT2D eigenvalue weighted by atomic mass is 16.2. The number of benzene rings is 3. The molecule has 1 aromatic heterocycles. The number of imide groups is 1.